The van der Waals surface area contributed by atoms with Crippen LogP contribution in [0.1, 0.15) is 232 Å². The molecular formula is C100H115N7O10S. The number of anilines is 5. The average Bonchev–Trinajstić information content (AvgIpc) is 1.60. The lowest BCUT2D eigenvalue weighted by Gasteiger charge is -2.43. The lowest BCUT2D eigenvalue weighted by molar-refractivity contribution is -0.151. The Balaban J connectivity index is 0.000000110. The van der Waals surface area contributed by atoms with E-state index in [1.165, 1.54) is 83.7 Å². The van der Waals surface area contributed by atoms with Crippen molar-refractivity contribution in [1.82, 2.24) is 4.98 Å². The third kappa shape index (κ3) is 18.0. The van der Waals surface area contributed by atoms with E-state index in [1.54, 1.807) is 17.5 Å². The first kappa shape index (κ1) is 82.4. The fraction of sp³-hybridized carbons (Fsp3) is 0.420. The predicted octanol–water partition coefficient (Wildman–Crippen LogP) is 21.4. The standard InChI is InChI=1S/2C21H25NO2.C20H24N2O2.C19H18N2O2.C19H23NO2S/c1-13(2)15-8-9-18-17(12-15)20-21(24-11-10-23-20)19(22-18)16-7-5-4-6-14(16)3;1-21(2,3)15-9-10-17-16(13-15)19-20(24-12-11-23-19)18(22-17)14-7-5-4-6-8-14;1-20(2,3)14-6-7-16-15(11-14)18-19(24-10-9-23-18)17(22-16)13-5-4-8-21-12-13;20-9-8-13-6-7-16-15(12-13)18-19(23-11-10-22-18)17(21-16)14-4-2-1-3-5-14;1-19(2,3)13-4-5-15-14(10-13)17-18(22-8-7-21-17)16(20-15)12-6-9-23-11-12/h4-9,12-13,19-22H,10-11H2,1-3H3;4-10,13,18-20,22H,11-12H2,1-3H3;4-8,11-12,17-19,22H,9-10H2,1-3H3;1-7,12,17-19,21H,8,10-11H2;4-6,9-11,16-18,20H,7-8H2,1-3H3/t19-,20+,21-;;;17-,18+,19-;/m0..0./s1. The summed E-state index contributed by atoms with van der Waals surface area (Å²) in [7, 11) is 0. The van der Waals surface area contributed by atoms with Crippen LogP contribution in [0.5, 0.6) is 0 Å². The van der Waals surface area contributed by atoms with Crippen molar-refractivity contribution in [3.8, 4) is 6.07 Å². The first-order chi connectivity index (χ1) is 57.1. The van der Waals surface area contributed by atoms with Gasteiger partial charge in [-0.25, -0.2) is 0 Å². The molecule has 5 N–H and O–H groups in total. The molecule has 9 unspecified atom stereocenters. The molecule has 17 nitrogen and oxygen atoms in total. The van der Waals surface area contributed by atoms with Gasteiger partial charge < -0.3 is 74.0 Å². The lowest BCUT2D eigenvalue weighted by atomic mass is 9.82. The maximum absolute atomic E-state index is 8.93. The number of benzene rings is 8. The largest absolute Gasteiger partial charge is 0.375 e. The van der Waals surface area contributed by atoms with Crippen molar-refractivity contribution in [2.45, 2.75) is 203 Å². The van der Waals surface area contributed by atoms with Gasteiger partial charge in [-0.05, 0) is 150 Å². The second kappa shape index (κ2) is 35.9. The molecule has 118 heavy (non-hydrogen) atoms. The van der Waals surface area contributed by atoms with Gasteiger partial charge in [0.1, 0.15) is 61.0 Å². The number of hydrogen-bond acceptors (Lipinski definition) is 18. The van der Waals surface area contributed by atoms with Crippen molar-refractivity contribution < 1.29 is 47.4 Å². The molecule has 18 heteroatoms. The minimum atomic E-state index is -0.0937. The number of fused-ring (bicyclic) bond motifs is 15. The molecule has 616 valence electrons. The molecule has 10 aliphatic rings. The summed E-state index contributed by atoms with van der Waals surface area (Å²) >= 11 is 1.72. The Labute approximate surface area is 701 Å². The van der Waals surface area contributed by atoms with Crippen molar-refractivity contribution in [2.75, 3.05) is 92.7 Å². The summed E-state index contributed by atoms with van der Waals surface area (Å²) < 4.78 is 61.3. The molecule has 0 aliphatic carbocycles. The average molecular weight is 1610 g/mol. The summed E-state index contributed by atoms with van der Waals surface area (Å²) in [6.45, 7) is 33.2. The molecule has 0 spiro atoms. The molecule has 2 aromatic heterocycles. The first-order valence-corrected chi connectivity index (χ1v) is 43.2. The predicted molar refractivity (Wildman–Crippen MR) is 468 cm³/mol. The zero-order chi connectivity index (χ0) is 81.8. The quantitative estimate of drug-likeness (QED) is 0.101. The van der Waals surface area contributed by atoms with Crippen LogP contribution in [0, 0.1) is 18.3 Å². The Bertz CT molecular complexity index is 4960. The molecule has 0 saturated carbocycles. The van der Waals surface area contributed by atoms with Crippen LogP contribution in [0.4, 0.5) is 28.4 Å². The second-order valence-electron chi connectivity index (χ2n) is 35.7. The van der Waals surface area contributed by atoms with E-state index in [1.807, 2.05) is 48.7 Å². The molecule has 20 rings (SSSR count). The molecule has 0 radical (unpaired) electrons. The summed E-state index contributed by atoms with van der Waals surface area (Å²) in [5, 5.41) is 31.6. The van der Waals surface area contributed by atoms with Crippen LogP contribution in [0.3, 0.4) is 0 Å². The molecule has 15 atom stereocenters. The lowest BCUT2D eigenvalue weighted by Crippen LogP contribution is -2.43. The zero-order valence-corrected chi connectivity index (χ0v) is 71.0. The summed E-state index contributed by atoms with van der Waals surface area (Å²) in [4.78, 5) is 4.26. The third-order valence-electron chi connectivity index (χ3n) is 24.4. The number of hydrogen-bond donors (Lipinski definition) is 5. The maximum atomic E-state index is 8.93. The number of nitrogens with one attached hydrogen (secondary N) is 5. The summed E-state index contributed by atoms with van der Waals surface area (Å²) in [6, 6.07) is 71.2. The van der Waals surface area contributed by atoms with Crippen LogP contribution in [0.2, 0.25) is 0 Å². The molecule has 8 aromatic carbocycles. The summed E-state index contributed by atoms with van der Waals surface area (Å²) in [5.41, 5.74) is 25.8. The number of ether oxygens (including phenoxy) is 10. The minimum absolute atomic E-state index is 0.00157. The zero-order valence-electron chi connectivity index (χ0n) is 70.2. The van der Waals surface area contributed by atoms with Gasteiger partial charge in [0.25, 0.3) is 0 Å². The van der Waals surface area contributed by atoms with E-state index in [2.05, 4.69) is 283 Å². The van der Waals surface area contributed by atoms with Crippen molar-refractivity contribution in [2.24, 2.45) is 0 Å². The Kier molecular flexibility index (Phi) is 25.1. The second-order valence-corrected chi connectivity index (χ2v) is 36.5. The van der Waals surface area contributed by atoms with Gasteiger partial charge in [0.05, 0.1) is 109 Å². The Hall–Kier alpha value is -9.30. The van der Waals surface area contributed by atoms with Gasteiger partial charge >= 0.3 is 0 Å². The van der Waals surface area contributed by atoms with Crippen LogP contribution in [0.25, 0.3) is 0 Å². The van der Waals surface area contributed by atoms with Crippen LogP contribution in [0.15, 0.2) is 217 Å². The first-order valence-electron chi connectivity index (χ1n) is 42.3. The van der Waals surface area contributed by atoms with Gasteiger partial charge in [-0.15, -0.1) is 0 Å². The number of nitriles is 1. The maximum Gasteiger partial charge on any atom is 0.113 e. The van der Waals surface area contributed by atoms with E-state index >= 15 is 0 Å². The molecule has 10 aromatic rings. The van der Waals surface area contributed by atoms with Crippen molar-refractivity contribution in [3.05, 3.63) is 306 Å². The van der Waals surface area contributed by atoms with Crippen LogP contribution in [-0.4, -0.2) is 102 Å². The number of aromatic nitrogens is 1. The van der Waals surface area contributed by atoms with E-state index in [9.17, 15) is 0 Å². The van der Waals surface area contributed by atoms with Crippen LogP contribution in [-0.2, 0) is 70.0 Å². The fourth-order valence-corrected chi connectivity index (χ4v) is 18.6. The third-order valence-corrected chi connectivity index (χ3v) is 25.1. The van der Waals surface area contributed by atoms with Crippen molar-refractivity contribution >= 4 is 39.8 Å². The molecule has 0 amide bonds. The van der Waals surface area contributed by atoms with Gasteiger partial charge in [-0.1, -0.05) is 222 Å². The van der Waals surface area contributed by atoms with E-state index < -0.39 is 0 Å². The highest BCUT2D eigenvalue weighted by Crippen LogP contribution is 2.52. The van der Waals surface area contributed by atoms with Crippen LogP contribution >= 0.6 is 11.3 Å². The normalized spacial score (nSPS) is 26.2. The van der Waals surface area contributed by atoms with E-state index in [4.69, 9.17) is 52.6 Å². The highest BCUT2D eigenvalue weighted by atomic mass is 32.1. The summed E-state index contributed by atoms with van der Waals surface area (Å²) in [6.07, 6.45) is 3.92. The van der Waals surface area contributed by atoms with Crippen molar-refractivity contribution in [1.29, 1.82) is 5.26 Å². The number of nitrogens with zero attached hydrogens (tertiary/aromatic N) is 2. The highest BCUT2D eigenvalue weighted by Gasteiger charge is 2.47. The van der Waals surface area contributed by atoms with Gasteiger partial charge in [0, 0.05) is 68.6 Å². The molecule has 10 aliphatic heterocycles. The smallest absolute Gasteiger partial charge is 0.113 e. The molecule has 0 bridgehead atoms. The Morgan fingerprint density at radius 3 is 1.12 bits per heavy atom. The van der Waals surface area contributed by atoms with Gasteiger partial charge in [0.2, 0.25) is 0 Å². The summed E-state index contributed by atoms with van der Waals surface area (Å²) in [5.74, 6) is 0.507. The number of pyridine rings is 1. The fourth-order valence-electron chi connectivity index (χ4n) is 17.9. The molecule has 12 heterocycles. The topological polar surface area (TPSA) is 189 Å². The monoisotopic (exact) mass is 1610 g/mol. The van der Waals surface area contributed by atoms with E-state index in [-0.39, 0.29) is 107 Å². The number of aryl methyl sites for hydroxylation is 1. The molecular weight excluding hydrogens is 1490 g/mol. The Morgan fingerprint density at radius 2 is 0.729 bits per heavy atom. The van der Waals surface area contributed by atoms with Gasteiger partial charge in [-0.3, -0.25) is 4.98 Å². The van der Waals surface area contributed by atoms with Crippen molar-refractivity contribution in [3.63, 3.8) is 0 Å². The number of rotatable bonds is 7. The number of thiophene rings is 1. The SMILES string of the molecule is CC(C)(C)c1ccc2c(c1)C1OCCOC1C(c1ccccc1)N2.CC(C)(C)c1ccc2c(c1)C1OCCOC1C(c1cccnc1)N2.CC(C)(C)c1ccc2c(c1)C1OCCOC1C(c1ccsc1)N2.Cc1ccccc1[C@@H]1Nc2ccc(C(C)C)cc2[C@H]2OCCO[C@H]21.N#CCc1ccc2c(c1)[C@H]1OCCO[C@H]1[C@H](c1ccccc1)N2. The van der Waals surface area contributed by atoms with Gasteiger partial charge in [0.15, 0.2) is 0 Å². The van der Waals surface area contributed by atoms with Gasteiger partial charge in [-0.2, -0.15) is 16.6 Å². The minimum Gasteiger partial charge on any atom is -0.375 e. The molecule has 5 saturated heterocycles. The van der Waals surface area contributed by atoms with E-state index in [0.29, 0.717) is 78.4 Å². The highest BCUT2D eigenvalue weighted by molar-refractivity contribution is 7.08. The molecule has 5 fully saturated rings. The van der Waals surface area contributed by atoms with E-state index in [0.717, 1.165) is 33.8 Å². The van der Waals surface area contributed by atoms with Crippen LogP contribution < -0.4 is 26.6 Å². The Morgan fingerprint density at radius 1 is 0.373 bits per heavy atom.